The molecule has 0 spiro atoms. The highest BCUT2D eigenvalue weighted by molar-refractivity contribution is 5.77. The number of rotatable bonds is 6. The number of halogens is 3. The van der Waals surface area contributed by atoms with Gasteiger partial charge in [0.25, 0.3) is 11.5 Å². The lowest BCUT2D eigenvalue weighted by atomic mass is 9.76. The fourth-order valence-electron chi connectivity index (χ4n) is 5.04. The van der Waals surface area contributed by atoms with Crippen molar-refractivity contribution in [1.29, 1.82) is 0 Å². The van der Waals surface area contributed by atoms with E-state index in [4.69, 9.17) is 0 Å². The van der Waals surface area contributed by atoms with Gasteiger partial charge < -0.3 is 10.6 Å². The Bertz CT molecular complexity index is 1590. The molecule has 190 valence electrons. The van der Waals surface area contributed by atoms with Crippen molar-refractivity contribution in [3.63, 3.8) is 0 Å². The molecule has 3 aromatic heterocycles. The van der Waals surface area contributed by atoms with E-state index in [1.807, 2.05) is 12.1 Å². The van der Waals surface area contributed by atoms with Crippen molar-refractivity contribution in [3.8, 4) is 5.82 Å². The van der Waals surface area contributed by atoms with E-state index >= 15 is 4.39 Å². The highest BCUT2D eigenvalue weighted by Crippen LogP contribution is 2.53. The van der Waals surface area contributed by atoms with Crippen LogP contribution in [0.3, 0.4) is 0 Å². The van der Waals surface area contributed by atoms with Crippen molar-refractivity contribution in [1.82, 2.24) is 29.6 Å². The molecule has 1 fully saturated rings. The molecule has 2 aliphatic rings. The zero-order valence-electron chi connectivity index (χ0n) is 19.8. The van der Waals surface area contributed by atoms with Crippen molar-refractivity contribution in [3.05, 3.63) is 82.4 Å². The van der Waals surface area contributed by atoms with Gasteiger partial charge in [0.1, 0.15) is 5.39 Å². The Balaban J connectivity index is 1.43. The molecule has 37 heavy (non-hydrogen) atoms. The Morgan fingerprint density at radius 2 is 1.97 bits per heavy atom. The molecule has 2 N–H and O–H groups in total. The van der Waals surface area contributed by atoms with E-state index in [2.05, 4.69) is 38.2 Å². The molecular weight excluding hydrogens is 483 g/mol. The summed E-state index contributed by atoms with van der Waals surface area (Å²) >= 11 is 0. The second kappa shape index (κ2) is 8.55. The average molecular weight is 508 g/mol. The molecule has 0 bridgehead atoms. The standard InChI is InChI=1S/C26H24F3N7O/c1-2-10-35-23(37)19-13-31-24(32-18-7-6-16-8-9-30-12-17(16)11-18)34-22(19)36(35)21-5-3-4-20(33-21)25(27)14-26(28,29)15-25/h2-7,11,13,30H,1,8-10,12,14-15H2,(H,31,32,34). The molecule has 4 heterocycles. The first kappa shape index (κ1) is 23.4. The predicted molar refractivity (Wildman–Crippen MR) is 133 cm³/mol. The number of nitrogens with one attached hydrogen (secondary N) is 2. The van der Waals surface area contributed by atoms with Crippen molar-refractivity contribution >= 4 is 22.7 Å². The van der Waals surface area contributed by atoms with Crippen LogP contribution in [0.2, 0.25) is 0 Å². The van der Waals surface area contributed by atoms with Crippen LogP contribution in [0.4, 0.5) is 24.8 Å². The van der Waals surface area contributed by atoms with Crippen LogP contribution >= 0.6 is 0 Å². The summed E-state index contributed by atoms with van der Waals surface area (Å²) in [6, 6.07) is 10.5. The Kier molecular flexibility index (Phi) is 5.41. The second-order valence-electron chi connectivity index (χ2n) is 9.51. The number of allylic oxidation sites excluding steroid dienone is 1. The molecule has 0 radical (unpaired) electrons. The van der Waals surface area contributed by atoms with Crippen LogP contribution in [0.1, 0.15) is 29.7 Å². The smallest absolute Gasteiger partial charge is 0.278 e. The van der Waals surface area contributed by atoms with E-state index in [0.29, 0.717) is 0 Å². The number of hydrogen-bond acceptors (Lipinski definition) is 6. The monoisotopic (exact) mass is 507 g/mol. The number of alkyl halides is 3. The summed E-state index contributed by atoms with van der Waals surface area (Å²) in [6.45, 7) is 5.56. The van der Waals surface area contributed by atoms with Gasteiger partial charge in [0.15, 0.2) is 17.1 Å². The highest BCUT2D eigenvalue weighted by Gasteiger charge is 2.59. The molecule has 0 atom stereocenters. The molecule has 6 rings (SSSR count). The van der Waals surface area contributed by atoms with Crippen LogP contribution in [0.15, 0.2) is 60.0 Å². The van der Waals surface area contributed by atoms with Gasteiger partial charge in [0, 0.05) is 18.4 Å². The number of fused-ring (bicyclic) bond motifs is 2. The maximum atomic E-state index is 15.1. The minimum Gasteiger partial charge on any atom is -0.324 e. The summed E-state index contributed by atoms with van der Waals surface area (Å²) in [7, 11) is 0. The second-order valence-corrected chi connectivity index (χ2v) is 9.51. The molecule has 0 saturated heterocycles. The molecule has 1 aliphatic heterocycles. The maximum absolute atomic E-state index is 15.1. The molecule has 1 aromatic carbocycles. The summed E-state index contributed by atoms with van der Waals surface area (Å²) < 4.78 is 44.9. The first-order valence-electron chi connectivity index (χ1n) is 12.0. The van der Waals surface area contributed by atoms with Crippen molar-refractivity contribution in [2.45, 2.75) is 43.9 Å². The zero-order valence-corrected chi connectivity index (χ0v) is 19.8. The molecule has 1 aliphatic carbocycles. The molecular formula is C26H24F3N7O. The fraction of sp³-hybridized carbons (Fsp3) is 0.308. The van der Waals surface area contributed by atoms with Gasteiger partial charge >= 0.3 is 0 Å². The largest absolute Gasteiger partial charge is 0.324 e. The minimum absolute atomic E-state index is 0.106. The van der Waals surface area contributed by atoms with Crippen LogP contribution in [0.5, 0.6) is 0 Å². The van der Waals surface area contributed by atoms with Gasteiger partial charge in [-0.25, -0.2) is 32.5 Å². The third-order valence-corrected chi connectivity index (χ3v) is 6.81. The summed E-state index contributed by atoms with van der Waals surface area (Å²) in [5.41, 5.74) is 0.816. The van der Waals surface area contributed by atoms with Crippen molar-refractivity contribution in [2.24, 2.45) is 0 Å². The van der Waals surface area contributed by atoms with Crippen LogP contribution < -0.4 is 16.2 Å². The maximum Gasteiger partial charge on any atom is 0.278 e. The Morgan fingerprint density at radius 1 is 1.14 bits per heavy atom. The van der Waals surface area contributed by atoms with Gasteiger partial charge in [-0.1, -0.05) is 18.2 Å². The number of anilines is 2. The first-order valence-corrected chi connectivity index (χ1v) is 12.0. The molecule has 4 aromatic rings. The van der Waals surface area contributed by atoms with E-state index in [9.17, 15) is 13.6 Å². The quantitative estimate of drug-likeness (QED) is 0.381. The fourth-order valence-corrected chi connectivity index (χ4v) is 5.04. The Labute approximate surface area is 209 Å². The van der Waals surface area contributed by atoms with Gasteiger partial charge in [0.05, 0.1) is 25.1 Å². The lowest BCUT2D eigenvalue weighted by molar-refractivity contribution is -0.176. The minimum atomic E-state index is -3.06. The van der Waals surface area contributed by atoms with Crippen LogP contribution in [0.25, 0.3) is 16.9 Å². The number of nitrogens with zero attached hydrogens (tertiary/aromatic N) is 5. The van der Waals surface area contributed by atoms with Crippen molar-refractivity contribution < 1.29 is 13.2 Å². The zero-order chi connectivity index (χ0) is 25.8. The van der Waals surface area contributed by atoms with Gasteiger partial charge in [-0.05, 0) is 48.4 Å². The summed E-state index contributed by atoms with van der Waals surface area (Å²) in [6.07, 6.45) is 2.09. The van der Waals surface area contributed by atoms with Gasteiger partial charge in [-0.3, -0.25) is 4.79 Å². The van der Waals surface area contributed by atoms with E-state index in [1.54, 1.807) is 6.07 Å². The summed E-state index contributed by atoms with van der Waals surface area (Å²) in [5.74, 6) is -2.61. The third-order valence-electron chi connectivity index (χ3n) is 6.81. The first-order chi connectivity index (χ1) is 17.8. The molecule has 0 unspecified atom stereocenters. The average Bonchev–Trinajstić information content (AvgIpc) is 3.14. The number of aromatic nitrogens is 5. The number of pyridine rings is 1. The summed E-state index contributed by atoms with van der Waals surface area (Å²) in [4.78, 5) is 26.4. The van der Waals surface area contributed by atoms with Crippen molar-refractivity contribution in [2.75, 3.05) is 11.9 Å². The van der Waals surface area contributed by atoms with Crippen LogP contribution in [0, 0.1) is 0 Å². The van der Waals surface area contributed by atoms with Crippen LogP contribution in [-0.4, -0.2) is 36.8 Å². The van der Waals surface area contributed by atoms with Gasteiger partial charge in [-0.15, -0.1) is 6.58 Å². The van der Waals surface area contributed by atoms with Gasteiger partial charge in [0.2, 0.25) is 5.95 Å². The predicted octanol–water partition coefficient (Wildman–Crippen LogP) is 4.15. The lowest BCUT2D eigenvalue weighted by Crippen LogP contribution is -2.46. The molecule has 0 amide bonds. The normalized spacial score (nSPS) is 17.7. The van der Waals surface area contributed by atoms with Gasteiger partial charge in [-0.2, -0.15) is 4.98 Å². The Morgan fingerprint density at radius 3 is 2.76 bits per heavy atom. The van der Waals surface area contributed by atoms with E-state index in [0.717, 1.165) is 25.2 Å². The Hall–Kier alpha value is -3.99. The highest BCUT2D eigenvalue weighted by atomic mass is 19.3. The van der Waals surface area contributed by atoms with E-state index < -0.39 is 24.4 Å². The lowest BCUT2D eigenvalue weighted by Gasteiger charge is -2.40. The molecule has 8 nitrogen and oxygen atoms in total. The third kappa shape index (κ3) is 4.08. The van der Waals surface area contributed by atoms with Crippen LogP contribution in [-0.2, 0) is 25.2 Å². The van der Waals surface area contributed by atoms with E-state index in [-0.39, 0.29) is 40.6 Å². The number of benzene rings is 1. The summed E-state index contributed by atoms with van der Waals surface area (Å²) in [5, 5.41) is 6.77. The topological polar surface area (TPSA) is 89.7 Å². The van der Waals surface area contributed by atoms with E-state index in [1.165, 1.54) is 44.9 Å². The number of hydrogen-bond donors (Lipinski definition) is 2. The molecule has 11 heteroatoms. The SMILES string of the molecule is C=CCn1c(=O)c2cnc(Nc3ccc4c(c3)CNCC4)nc2n1-c1cccc(C2(F)CC(F)(F)C2)n1. The molecule has 1 saturated carbocycles.